The number of aliphatic hydroxyl groups excluding tert-OH is 1. The van der Waals surface area contributed by atoms with E-state index in [0.29, 0.717) is 42.9 Å². The van der Waals surface area contributed by atoms with E-state index in [-0.39, 0.29) is 21.6 Å². The maximum Gasteiger partial charge on any atom is 0.264 e. The molecule has 1 aliphatic heterocycles. The van der Waals surface area contributed by atoms with Crippen LogP contribution in [0.2, 0.25) is 5.02 Å². The van der Waals surface area contributed by atoms with Crippen molar-refractivity contribution in [2.75, 3.05) is 31.0 Å². The third-order valence-corrected chi connectivity index (χ3v) is 7.79. The lowest BCUT2D eigenvalue weighted by Crippen LogP contribution is -2.47. The van der Waals surface area contributed by atoms with Gasteiger partial charge in [0.25, 0.3) is 15.9 Å². The van der Waals surface area contributed by atoms with Gasteiger partial charge in [-0.1, -0.05) is 66.2 Å². The number of nitrogens with one attached hydrogen (secondary N) is 1. The van der Waals surface area contributed by atoms with Crippen molar-refractivity contribution in [3.63, 3.8) is 0 Å². The molecule has 1 fully saturated rings. The average molecular weight is 541 g/mol. The van der Waals surface area contributed by atoms with E-state index in [9.17, 15) is 13.5 Å². The Balaban J connectivity index is 1.57. The Bertz CT molecular complexity index is 1480. The predicted molar refractivity (Wildman–Crippen MR) is 140 cm³/mol. The van der Waals surface area contributed by atoms with Crippen molar-refractivity contribution in [2.24, 2.45) is 0 Å². The summed E-state index contributed by atoms with van der Waals surface area (Å²) < 4.78 is 40.7. The molecule has 2 atom stereocenters. The summed E-state index contributed by atoms with van der Waals surface area (Å²) in [6, 6.07) is 22.3. The molecule has 0 bridgehead atoms. The molecule has 192 valence electrons. The van der Waals surface area contributed by atoms with Crippen LogP contribution in [0.15, 0.2) is 83.8 Å². The fraction of sp³-hybridized carbons (Fsp3) is 0.231. The van der Waals surface area contributed by atoms with Crippen LogP contribution < -0.4 is 9.46 Å². The molecule has 0 amide bonds. The monoisotopic (exact) mass is 540 g/mol. The number of aromatic nitrogens is 2. The largest absolute Gasteiger partial charge is 0.463 e. The number of ether oxygens (including phenoxy) is 2. The lowest BCUT2D eigenvalue weighted by atomic mass is 10.1. The summed E-state index contributed by atoms with van der Waals surface area (Å²) in [5.74, 6) is -0.191. The molecule has 2 N–H and O–H groups in total. The molecular weight excluding hydrogens is 516 g/mol. The number of hydrogen-bond acceptors (Lipinski definition) is 8. The number of rotatable bonds is 8. The Morgan fingerprint density at radius 2 is 1.54 bits per heavy atom. The normalized spacial score (nSPS) is 16.3. The summed E-state index contributed by atoms with van der Waals surface area (Å²) in [5, 5.41) is 11.4. The Labute approximate surface area is 219 Å². The lowest BCUT2D eigenvalue weighted by Gasteiger charge is -2.35. The van der Waals surface area contributed by atoms with Gasteiger partial charge in [0, 0.05) is 13.1 Å². The molecule has 9 nitrogen and oxygen atoms in total. The number of morpholine rings is 1. The minimum atomic E-state index is -4.13. The van der Waals surface area contributed by atoms with E-state index in [1.54, 1.807) is 36.4 Å². The zero-order valence-electron chi connectivity index (χ0n) is 19.7. The SMILES string of the molecule is O=S(=O)(Nc1nc2ccccc2nc1OC(c1ccccc1)C(O)N1CCOCC1)c1ccccc1Cl. The van der Waals surface area contributed by atoms with E-state index in [0.717, 1.165) is 0 Å². The van der Waals surface area contributed by atoms with E-state index >= 15 is 0 Å². The van der Waals surface area contributed by atoms with Crippen molar-refractivity contribution >= 4 is 38.5 Å². The van der Waals surface area contributed by atoms with Gasteiger partial charge in [-0.25, -0.2) is 18.4 Å². The third kappa shape index (κ3) is 5.68. The predicted octanol–water partition coefficient (Wildman–Crippen LogP) is 3.85. The topological polar surface area (TPSA) is 114 Å². The molecule has 1 aliphatic rings. The number of sulfonamides is 1. The number of para-hydroxylation sites is 2. The molecule has 4 aromatic rings. The van der Waals surface area contributed by atoms with Crippen molar-refractivity contribution in [1.82, 2.24) is 14.9 Å². The molecule has 0 radical (unpaired) electrons. The second kappa shape index (κ2) is 11.0. The Morgan fingerprint density at radius 3 is 2.24 bits per heavy atom. The molecule has 2 heterocycles. The highest BCUT2D eigenvalue weighted by atomic mass is 35.5. The molecule has 0 aliphatic carbocycles. The second-order valence-electron chi connectivity index (χ2n) is 8.41. The number of halogens is 1. The van der Waals surface area contributed by atoms with Gasteiger partial charge in [0.15, 0.2) is 6.10 Å². The number of fused-ring (bicyclic) bond motifs is 1. The van der Waals surface area contributed by atoms with Crippen LogP contribution in [0, 0.1) is 0 Å². The minimum absolute atomic E-state index is 0.0659. The molecule has 5 rings (SSSR count). The molecule has 11 heteroatoms. The van der Waals surface area contributed by atoms with Gasteiger partial charge in [0.1, 0.15) is 11.1 Å². The summed E-state index contributed by atoms with van der Waals surface area (Å²) in [7, 11) is -4.13. The fourth-order valence-corrected chi connectivity index (χ4v) is 5.60. The van der Waals surface area contributed by atoms with Crippen LogP contribution in [0.3, 0.4) is 0 Å². The molecular formula is C26H25ClN4O5S. The van der Waals surface area contributed by atoms with Gasteiger partial charge in [-0.2, -0.15) is 0 Å². The standard InChI is InChI=1S/C26H25ClN4O5S/c27-19-10-4-7-13-22(19)37(33,34)30-24-25(29-21-12-6-5-11-20(21)28-24)36-23(18-8-2-1-3-9-18)26(32)31-14-16-35-17-15-31/h1-13,23,26,32H,14-17H2,(H,28,30). The lowest BCUT2D eigenvalue weighted by molar-refractivity contribution is -0.108. The van der Waals surface area contributed by atoms with Crippen LogP contribution in [-0.4, -0.2) is 60.9 Å². The number of anilines is 1. The molecule has 0 saturated carbocycles. The van der Waals surface area contributed by atoms with Crippen LogP contribution in [0.1, 0.15) is 11.7 Å². The van der Waals surface area contributed by atoms with Crippen molar-refractivity contribution in [3.05, 3.63) is 89.4 Å². The first-order valence-corrected chi connectivity index (χ1v) is 13.5. The Morgan fingerprint density at radius 1 is 0.919 bits per heavy atom. The Hall–Kier alpha value is -3.28. The van der Waals surface area contributed by atoms with E-state index < -0.39 is 22.4 Å². The number of aliphatic hydroxyl groups is 1. The van der Waals surface area contributed by atoms with E-state index in [1.807, 2.05) is 35.2 Å². The zero-order valence-corrected chi connectivity index (χ0v) is 21.3. The van der Waals surface area contributed by atoms with Crippen LogP contribution in [0.4, 0.5) is 5.82 Å². The summed E-state index contributed by atoms with van der Waals surface area (Å²) in [5.41, 5.74) is 1.67. The van der Waals surface area contributed by atoms with Gasteiger partial charge in [-0.15, -0.1) is 0 Å². The van der Waals surface area contributed by atoms with Crippen molar-refractivity contribution in [3.8, 4) is 5.88 Å². The summed E-state index contributed by atoms with van der Waals surface area (Å²) >= 11 is 6.17. The highest BCUT2D eigenvalue weighted by Gasteiger charge is 2.32. The molecule has 0 spiro atoms. The van der Waals surface area contributed by atoms with Gasteiger partial charge in [-0.3, -0.25) is 9.62 Å². The van der Waals surface area contributed by atoms with Crippen LogP contribution in [0.25, 0.3) is 11.0 Å². The first-order chi connectivity index (χ1) is 17.9. The maximum atomic E-state index is 13.3. The first kappa shape index (κ1) is 25.4. The second-order valence-corrected chi connectivity index (χ2v) is 10.5. The van der Waals surface area contributed by atoms with Crippen LogP contribution in [0.5, 0.6) is 5.88 Å². The van der Waals surface area contributed by atoms with Crippen molar-refractivity contribution < 1.29 is 23.0 Å². The van der Waals surface area contributed by atoms with Gasteiger partial charge in [-0.05, 0) is 29.8 Å². The van der Waals surface area contributed by atoms with Crippen molar-refractivity contribution in [1.29, 1.82) is 0 Å². The van der Waals surface area contributed by atoms with E-state index in [4.69, 9.17) is 21.1 Å². The number of nitrogens with zero attached hydrogens (tertiary/aromatic N) is 3. The van der Waals surface area contributed by atoms with Crippen molar-refractivity contribution in [2.45, 2.75) is 17.2 Å². The molecule has 1 saturated heterocycles. The number of benzene rings is 3. The van der Waals surface area contributed by atoms with Crippen LogP contribution >= 0.6 is 11.6 Å². The Kier molecular flexibility index (Phi) is 7.54. The fourth-order valence-electron chi connectivity index (χ4n) is 4.07. The molecule has 37 heavy (non-hydrogen) atoms. The maximum absolute atomic E-state index is 13.3. The quantitative estimate of drug-likeness (QED) is 0.346. The van der Waals surface area contributed by atoms with Gasteiger partial charge < -0.3 is 14.6 Å². The van der Waals surface area contributed by atoms with E-state index in [2.05, 4.69) is 14.7 Å². The van der Waals surface area contributed by atoms with E-state index in [1.165, 1.54) is 12.1 Å². The van der Waals surface area contributed by atoms with Gasteiger partial charge in [0.2, 0.25) is 5.82 Å². The average Bonchev–Trinajstić information content (AvgIpc) is 2.92. The van der Waals surface area contributed by atoms with Gasteiger partial charge in [0.05, 0.1) is 29.3 Å². The van der Waals surface area contributed by atoms with Gasteiger partial charge >= 0.3 is 0 Å². The smallest absolute Gasteiger partial charge is 0.264 e. The van der Waals surface area contributed by atoms with Crippen LogP contribution in [-0.2, 0) is 14.8 Å². The first-order valence-electron chi connectivity index (χ1n) is 11.7. The highest BCUT2D eigenvalue weighted by Crippen LogP contribution is 2.33. The summed E-state index contributed by atoms with van der Waals surface area (Å²) in [6.07, 6.45) is -1.94. The number of hydrogen-bond donors (Lipinski definition) is 2. The summed E-state index contributed by atoms with van der Waals surface area (Å²) in [6.45, 7) is 2.00. The third-order valence-electron chi connectivity index (χ3n) is 5.95. The minimum Gasteiger partial charge on any atom is -0.463 e. The molecule has 1 aromatic heterocycles. The highest BCUT2D eigenvalue weighted by molar-refractivity contribution is 7.92. The molecule has 3 aromatic carbocycles. The zero-order chi connectivity index (χ0) is 25.8. The summed E-state index contributed by atoms with van der Waals surface area (Å²) in [4.78, 5) is 10.8. The molecule has 2 unspecified atom stereocenters.